The molecule has 0 saturated carbocycles. The van der Waals surface area contributed by atoms with Crippen LogP contribution in [0.4, 0.5) is 26.3 Å². The largest absolute Gasteiger partial charge is 0.484 e. The highest BCUT2D eigenvalue weighted by atomic mass is 19.4. The number of carbonyl (C=O) groups is 1. The third-order valence-electron chi connectivity index (χ3n) is 3.25. The summed E-state index contributed by atoms with van der Waals surface area (Å²) in [4.78, 5) is 12.0. The molecule has 0 radical (unpaired) electrons. The van der Waals surface area contributed by atoms with Gasteiger partial charge in [-0.2, -0.15) is 31.4 Å². The van der Waals surface area contributed by atoms with Crippen LogP contribution in [0.1, 0.15) is 22.7 Å². The lowest BCUT2D eigenvalue weighted by molar-refractivity contribution is -0.170. The molecule has 130 valence electrons. The Bertz CT molecular complexity index is 717. The summed E-state index contributed by atoms with van der Waals surface area (Å²) in [5, 5.41) is 4.65. The van der Waals surface area contributed by atoms with E-state index in [1.807, 2.05) is 0 Å². The van der Waals surface area contributed by atoms with E-state index in [1.54, 1.807) is 0 Å². The van der Waals surface area contributed by atoms with Crippen molar-refractivity contribution in [1.82, 2.24) is 15.1 Å². The van der Waals surface area contributed by atoms with Crippen molar-refractivity contribution in [2.75, 3.05) is 0 Å². The molecule has 0 fully saturated rings. The van der Waals surface area contributed by atoms with Crippen LogP contribution in [0.25, 0.3) is 0 Å². The lowest BCUT2D eigenvalue weighted by atomic mass is 9.93. The SMILES string of the molecule is Cn1nccc1C(C(=O)NC(F)(F)F)c1ccc(C(F)(F)F)cc1. The van der Waals surface area contributed by atoms with Crippen molar-refractivity contribution < 1.29 is 31.1 Å². The quantitative estimate of drug-likeness (QED) is 0.682. The van der Waals surface area contributed by atoms with E-state index in [0.717, 1.165) is 17.4 Å². The number of rotatable bonds is 3. The fraction of sp³-hybridized carbons (Fsp3) is 0.286. The van der Waals surface area contributed by atoms with E-state index in [1.165, 1.54) is 24.0 Å². The summed E-state index contributed by atoms with van der Waals surface area (Å²) in [6.45, 7) is 0. The molecule has 10 heteroatoms. The van der Waals surface area contributed by atoms with Gasteiger partial charge in [0.2, 0.25) is 5.91 Å². The van der Waals surface area contributed by atoms with Gasteiger partial charge in [-0.25, -0.2) is 0 Å². The molecule has 1 unspecified atom stereocenters. The van der Waals surface area contributed by atoms with Crippen LogP contribution in [0, 0.1) is 0 Å². The van der Waals surface area contributed by atoms with Gasteiger partial charge in [0.25, 0.3) is 0 Å². The second kappa shape index (κ2) is 6.17. The number of nitrogens with zero attached hydrogens (tertiary/aromatic N) is 2. The zero-order chi connectivity index (χ0) is 18.1. The summed E-state index contributed by atoms with van der Waals surface area (Å²) in [7, 11) is 1.41. The molecule has 0 aliphatic carbocycles. The molecule has 1 atom stereocenters. The molecule has 1 aromatic carbocycles. The van der Waals surface area contributed by atoms with Crippen molar-refractivity contribution in [2.45, 2.75) is 18.4 Å². The summed E-state index contributed by atoms with van der Waals surface area (Å²) in [5.74, 6) is -2.87. The minimum absolute atomic E-state index is 0.0200. The molecule has 1 N–H and O–H groups in total. The zero-order valence-electron chi connectivity index (χ0n) is 12.1. The monoisotopic (exact) mass is 351 g/mol. The number of carbonyl (C=O) groups excluding carboxylic acids is 1. The van der Waals surface area contributed by atoms with Crippen LogP contribution in [0.3, 0.4) is 0 Å². The molecule has 4 nitrogen and oxygen atoms in total. The third kappa shape index (κ3) is 4.06. The van der Waals surface area contributed by atoms with Crippen LogP contribution in [-0.4, -0.2) is 22.0 Å². The number of aromatic nitrogens is 2. The van der Waals surface area contributed by atoms with Crippen LogP contribution < -0.4 is 5.32 Å². The first-order valence-electron chi connectivity index (χ1n) is 6.53. The van der Waals surface area contributed by atoms with Gasteiger partial charge < -0.3 is 0 Å². The second-order valence-corrected chi connectivity index (χ2v) is 4.92. The fourth-order valence-electron chi connectivity index (χ4n) is 2.20. The molecule has 1 heterocycles. The Morgan fingerprint density at radius 2 is 1.67 bits per heavy atom. The van der Waals surface area contributed by atoms with Crippen LogP contribution in [-0.2, 0) is 18.0 Å². The molecule has 0 aliphatic heterocycles. The Morgan fingerprint density at radius 3 is 2.08 bits per heavy atom. The molecule has 2 rings (SSSR count). The van der Waals surface area contributed by atoms with Crippen molar-refractivity contribution in [1.29, 1.82) is 0 Å². The predicted octanol–water partition coefficient (Wildman–Crippen LogP) is 3.21. The summed E-state index contributed by atoms with van der Waals surface area (Å²) in [5.41, 5.74) is -0.879. The number of benzene rings is 1. The van der Waals surface area contributed by atoms with E-state index >= 15 is 0 Å². The number of hydrogen-bond donors (Lipinski definition) is 1. The van der Waals surface area contributed by atoms with Crippen molar-refractivity contribution in [3.63, 3.8) is 0 Å². The maximum absolute atomic E-state index is 12.6. The molecule has 0 spiro atoms. The maximum atomic E-state index is 12.6. The van der Waals surface area contributed by atoms with Gasteiger partial charge in [0, 0.05) is 13.2 Å². The summed E-state index contributed by atoms with van der Waals surface area (Å²) >= 11 is 0. The number of halogens is 6. The van der Waals surface area contributed by atoms with E-state index < -0.39 is 29.9 Å². The Labute approximate surface area is 132 Å². The molecule has 24 heavy (non-hydrogen) atoms. The second-order valence-electron chi connectivity index (χ2n) is 4.92. The van der Waals surface area contributed by atoms with Gasteiger partial charge in [0.15, 0.2) is 0 Å². The smallest absolute Gasteiger partial charge is 0.274 e. The van der Waals surface area contributed by atoms with Gasteiger partial charge in [-0.1, -0.05) is 12.1 Å². The predicted molar refractivity (Wildman–Crippen MR) is 70.7 cm³/mol. The van der Waals surface area contributed by atoms with Gasteiger partial charge in [-0.05, 0) is 23.8 Å². The summed E-state index contributed by atoms with van der Waals surface area (Å²) < 4.78 is 76.3. The minimum atomic E-state index is -4.96. The topological polar surface area (TPSA) is 46.9 Å². The van der Waals surface area contributed by atoms with Gasteiger partial charge >= 0.3 is 12.5 Å². The van der Waals surface area contributed by atoms with Crippen LogP contribution in [0.15, 0.2) is 36.5 Å². The van der Waals surface area contributed by atoms with E-state index in [4.69, 9.17) is 0 Å². The molecule has 2 aromatic rings. The third-order valence-corrected chi connectivity index (χ3v) is 3.25. The van der Waals surface area contributed by atoms with Gasteiger partial charge in [-0.15, -0.1) is 0 Å². The molecule has 1 amide bonds. The number of hydrogen-bond acceptors (Lipinski definition) is 2. The standard InChI is InChI=1S/C14H11F6N3O/c1-23-10(6-7-21-23)11(12(24)22-14(18,19)20)8-2-4-9(5-3-8)13(15,16)17/h2-7,11H,1H3,(H,22,24). The first-order chi connectivity index (χ1) is 11.0. The lowest BCUT2D eigenvalue weighted by Crippen LogP contribution is -2.41. The summed E-state index contributed by atoms with van der Waals surface area (Å²) in [6, 6.07) is 4.67. The van der Waals surface area contributed by atoms with E-state index in [0.29, 0.717) is 12.1 Å². The minimum Gasteiger partial charge on any atom is -0.274 e. The molecule has 0 bridgehead atoms. The lowest BCUT2D eigenvalue weighted by Gasteiger charge is -2.19. The first-order valence-corrected chi connectivity index (χ1v) is 6.53. The number of alkyl halides is 6. The summed E-state index contributed by atoms with van der Waals surface area (Å²) in [6.07, 6.45) is -8.28. The fourth-order valence-corrected chi connectivity index (χ4v) is 2.20. The Hall–Kier alpha value is -2.52. The molecular formula is C14H11F6N3O. The highest BCUT2D eigenvalue weighted by Crippen LogP contribution is 2.32. The Balaban J connectivity index is 2.43. The van der Waals surface area contributed by atoms with Crippen molar-refractivity contribution in [3.05, 3.63) is 53.3 Å². The average Bonchev–Trinajstić information content (AvgIpc) is 2.83. The normalized spacial score (nSPS) is 13.6. The molecular weight excluding hydrogens is 340 g/mol. The van der Waals surface area contributed by atoms with Gasteiger partial charge in [0.05, 0.1) is 11.3 Å². The molecule has 0 aliphatic rings. The van der Waals surface area contributed by atoms with Crippen molar-refractivity contribution in [3.8, 4) is 0 Å². The van der Waals surface area contributed by atoms with Crippen molar-refractivity contribution >= 4 is 5.91 Å². The highest BCUT2D eigenvalue weighted by molar-refractivity contribution is 5.86. The Kier molecular flexibility index (Phi) is 4.59. The first kappa shape index (κ1) is 17.8. The van der Waals surface area contributed by atoms with Crippen LogP contribution in [0.2, 0.25) is 0 Å². The van der Waals surface area contributed by atoms with Crippen LogP contribution in [0.5, 0.6) is 0 Å². The zero-order valence-corrected chi connectivity index (χ0v) is 12.1. The molecule has 0 saturated heterocycles. The van der Waals surface area contributed by atoms with E-state index in [-0.39, 0.29) is 11.3 Å². The van der Waals surface area contributed by atoms with Gasteiger partial charge in [-0.3, -0.25) is 14.8 Å². The van der Waals surface area contributed by atoms with Crippen LogP contribution >= 0.6 is 0 Å². The Morgan fingerprint density at radius 1 is 1.08 bits per heavy atom. The van der Waals surface area contributed by atoms with Crippen molar-refractivity contribution in [2.24, 2.45) is 7.05 Å². The van der Waals surface area contributed by atoms with E-state index in [9.17, 15) is 31.1 Å². The maximum Gasteiger partial charge on any atom is 0.484 e. The number of aryl methyl sites for hydroxylation is 1. The number of amides is 1. The van der Waals surface area contributed by atoms with Gasteiger partial charge in [0.1, 0.15) is 5.92 Å². The van der Waals surface area contributed by atoms with E-state index in [2.05, 4.69) is 5.10 Å². The molecule has 1 aromatic heterocycles. The number of nitrogens with one attached hydrogen (secondary N) is 1. The average molecular weight is 351 g/mol. The highest BCUT2D eigenvalue weighted by Gasteiger charge is 2.36.